The fourth-order valence-corrected chi connectivity index (χ4v) is 3.87. The van der Waals surface area contributed by atoms with Gasteiger partial charge in [0.25, 0.3) is 5.56 Å². The topological polar surface area (TPSA) is 104 Å². The second-order valence-electron chi connectivity index (χ2n) is 7.21. The highest BCUT2D eigenvalue weighted by Gasteiger charge is 2.17. The van der Waals surface area contributed by atoms with Crippen LogP contribution in [0.3, 0.4) is 0 Å². The van der Waals surface area contributed by atoms with Crippen LogP contribution in [-0.4, -0.2) is 29.0 Å². The number of H-pyrrole nitrogens is 1. The van der Waals surface area contributed by atoms with Crippen molar-refractivity contribution in [3.63, 3.8) is 0 Å². The molecule has 3 aromatic rings. The van der Waals surface area contributed by atoms with Crippen LogP contribution in [0.25, 0.3) is 10.9 Å². The van der Waals surface area contributed by atoms with Crippen molar-refractivity contribution in [1.82, 2.24) is 14.9 Å². The number of aromatic amines is 1. The summed E-state index contributed by atoms with van der Waals surface area (Å²) in [4.78, 5) is 28.2. The van der Waals surface area contributed by atoms with Crippen molar-refractivity contribution < 1.29 is 23.7 Å². The van der Waals surface area contributed by atoms with Gasteiger partial charge in [-0.05, 0) is 42.4 Å². The average Bonchev–Trinajstić information content (AvgIpc) is 3.41. The fraction of sp³-hybridized carbons (Fsp3) is 0.286. The number of hydrogen-bond donors (Lipinski definition) is 2. The summed E-state index contributed by atoms with van der Waals surface area (Å²) in [6, 6.07) is 8.92. The molecule has 160 valence electrons. The standard InChI is InChI=1S/C21H19N3O6S/c25-19(22-9-12-3-4-15-16(6-12)28-10-27-15)2-1-5-24-20(26)13-7-17-18(30-11-29-17)8-14(13)23-21(24)31/h3-4,6-8H,1-2,5,9-11H2,(H,22,25)(H,23,31). The minimum absolute atomic E-state index is 0.107. The number of hydrogen-bond acceptors (Lipinski definition) is 7. The number of carbonyl (C=O) groups excluding carboxylic acids is 1. The Morgan fingerprint density at radius 3 is 2.55 bits per heavy atom. The van der Waals surface area contributed by atoms with Crippen molar-refractivity contribution in [3.05, 3.63) is 51.0 Å². The van der Waals surface area contributed by atoms with Crippen LogP contribution < -0.4 is 29.8 Å². The third kappa shape index (κ3) is 3.81. The lowest BCUT2D eigenvalue weighted by atomic mass is 10.2. The molecular formula is C21H19N3O6S. The first-order chi connectivity index (χ1) is 15.1. The lowest BCUT2D eigenvalue weighted by molar-refractivity contribution is -0.121. The molecule has 0 spiro atoms. The molecule has 2 aliphatic heterocycles. The molecule has 0 atom stereocenters. The summed E-state index contributed by atoms with van der Waals surface area (Å²) in [6.07, 6.45) is 0.741. The lowest BCUT2D eigenvalue weighted by Crippen LogP contribution is -2.25. The van der Waals surface area contributed by atoms with Gasteiger partial charge in [-0.2, -0.15) is 0 Å². The number of carbonyl (C=O) groups is 1. The van der Waals surface area contributed by atoms with Gasteiger partial charge in [0, 0.05) is 25.6 Å². The third-order valence-corrected chi connectivity index (χ3v) is 5.51. The molecule has 10 heteroatoms. The van der Waals surface area contributed by atoms with E-state index in [1.807, 2.05) is 18.2 Å². The molecule has 0 unspecified atom stereocenters. The molecular weight excluding hydrogens is 422 g/mol. The summed E-state index contributed by atoms with van der Waals surface area (Å²) in [5.74, 6) is 2.39. The molecule has 0 saturated heterocycles. The smallest absolute Gasteiger partial charge is 0.262 e. The van der Waals surface area contributed by atoms with Gasteiger partial charge in [-0.25, -0.2) is 0 Å². The van der Waals surface area contributed by atoms with E-state index in [1.165, 1.54) is 4.57 Å². The molecule has 2 N–H and O–H groups in total. The first-order valence-corrected chi connectivity index (χ1v) is 10.2. The van der Waals surface area contributed by atoms with Crippen LogP contribution in [0, 0.1) is 4.77 Å². The van der Waals surface area contributed by atoms with Gasteiger partial charge in [-0.3, -0.25) is 14.2 Å². The average molecular weight is 441 g/mol. The van der Waals surface area contributed by atoms with Gasteiger partial charge in [0.15, 0.2) is 27.8 Å². The Morgan fingerprint density at radius 2 is 1.74 bits per heavy atom. The van der Waals surface area contributed by atoms with E-state index >= 15 is 0 Å². The lowest BCUT2D eigenvalue weighted by Gasteiger charge is -2.09. The van der Waals surface area contributed by atoms with E-state index < -0.39 is 0 Å². The van der Waals surface area contributed by atoms with Gasteiger partial charge in [0.05, 0.1) is 10.9 Å². The quantitative estimate of drug-likeness (QED) is 0.567. The molecule has 0 saturated carbocycles. The molecule has 3 heterocycles. The maximum atomic E-state index is 12.9. The summed E-state index contributed by atoms with van der Waals surface area (Å²) in [5.41, 5.74) is 1.29. The second-order valence-corrected chi connectivity index (χ2v) is 7.59. The van der Waals surface area contributed by atoms with E-state index in [4.69, 9.17) is 31.2 Å². The molecule has 1 aromatic heterocycles. The molecule has 5 rings (SSSR count). The highest BCUT2D eigenvalue weighted by molar-refractivity contribution is 7.71. The summed E-state index contributed by atoms with van der Waals surface area (Å²) in [6.45, 7) is 1.06. The Hall–Kier alpha value is -3.53. The Balaban J connectivity index is 1.21. The summed E-state index contributed by atoms with van der Waals surface area (Å²) in [7, 11) is 0. The molecule has 9 nitrogen and oxygen atoms in total. The van der Waals surface area contributed by atoms with Gasteiger partial charge in [0.1, 0.15) is 0 Å². The predicted molar refractivity (Wildman–Crippen MR) is 113 cm³/mol. The van der Waals surface area contributed by atoms with Crippen molar-refractivity contribution in [2.45, 2.75) is 25.9 Å². The Bertz CT molecular complexity index is 1300. The number of ether oxygens (including phenoxy) is 4. The Labute approximate surface area is 181 Å². The van der Waals surface area contributed by atoms with Gasteiger partial charge >= 0.3 is 0 Å². The van der Waals surface area contributed by atoms with Crippen molar-refractivity contribution in [1.29, 1.82) is 0 Å². The number of fused-ring (bicyclic) bond motifs is 3. The minimum atomic E-state index is -0.224. The number of rotatable bonds is 6. The first-order valence-electron chi connectivity index (χ1n) is 9.80. The number of nitrogens with one attached hydrogen (secondary N) is 2. The molecule has 0 radical (unpaired) electrons. The third-order valence-electron chi connectivity index (χ3n) is 5.19. The van der Waals surface area contributed by atoms with Crippen LogP contribution in [-0.2, 0) is 17.9 Å². The van der Waals surface area contributed by atoms with Crippen molar-refractivity contribution >= 4 is 29.0 Å². The summed E-state index contributed by atoms with van der Waals surface area (Å²) >= 11 is 5.34. The van der Waals surface area contributed by atoms with E-state index in [0.29, 0.717) is 58.2 Å². The van der Waals surface area contributed by atoms with Gasteiger partial charge in [-0.15, -0.1) is 0 Å². The van der Waals surface area contributed by atoms with Crippen molar-refractivity contribution in [2.24, 2.45) is 0 Å². The highest BCUT2D eigenvalue weighted by atomic mass is 32.1. The van der Waals surface area contributed by atoms with Crippen LogP contribution in [0.5, 0.6) is 23.0 Å². The predicted octanol–water partition coefficient (Wildman–Crippen LogP) is 2.61. The molecule has 1 amide bonds. The van der Waals surface area contributed by atoms with Crippen LogP contribution >= 0.6 is 12.2 Å². The van der Waals surface area contributed by atoms with E-state index in [0.717, 1.165) is 5.56 Å². The van der Waals surface area contributed by atoms with Crippen LogP contribution in [0.4, 0.5) is 0 Å². The van der Waals surface area contributed by atoms with Gasteiger partial charge in [-0.1, -0.05) is 6.07 Å². The van der Waals surface area contributed by atoms with Crippen LogP contribution in [0.15, 0.2) is 35.1 Å². The van der Waals surface area contributed by atoms with E-state index in [-0.39, 0.29) is 31.5 Å². The van der Waals surface area contributed by atoms with E-state index in [1.54, 1.807) is 12.1 Å². The summed E-state index contributed by atoms with van der Waals surface area (Å²) < 4.78 is 23.1. The zero-order valence-electron chi connectivity index (χ0n) is 16.4. The molecule has 2 aromatic carbocycles. The largest absolute Gasteiger partial charge is 0.454 e. The maximum absolute atomic E-state index is 12.9. The maximum Gasteiger partial charge on any atom is 0.262 e. The van der Waals surface area contributed by atoms with Crippen LogP contribution in [0.1, 0.15) is 18.4 Å². The van der Waals surface area contributed by atoms with Crippen molar-refractivity contribution in [2.75, 3.05) is 13.6 Å². The molecule has 2 aliphatic rings. The highest BCUT2D eigenvalue weighted by Crippen LogP contribution is 2.34. The number of nitrogens with zero attached hydrogens (tertiary/aromatic N) is 1. The zero-order valence-corrected chi connectivity index (χ0v) is 17.3. The fourth-order valence-electron chi connectivity index (χ4n) is 3.58. The first kappa shape index (κ1) is 19.4. The molecule has 31 heavy (non-hydrogen) atoms. The van der Waals surface area contributed by atoms with Gasteiger partial charge in [0.2, 0.25) is 19.5 Å². The number of benzene rings is 2. The number of aromatic nitrogens is 2. The zero-order chi connectivity index (χ0) is 21.4. The van der Waals surface area contributed by atoms with E-state index in [2.05, 4.69) is 10.3 Å². The van der Waals surface area contributed by atoms with Gasteiger partial charge < -0.3 is 29.2 Å². The minimum Gasteiger partial charge on any atom is -0.454 e. The molecule has 0 bridgehead atoms. The molecule has 0 aliphatic carbocycles. The SMILES string of the molecule is O=C(CCCn1c(=S)[nH]c2cc3c(cc2c1=O)OCO3)NCc1ccc2c(c1)OCO2. The Morgan fingerprint density at radius 1 is 1.03 bits per heavy atom. The van der Waals surface area contributed by atoms with Crippen molar-refractivity contribution in [3.8, 4) is 23.0 Å². The van der Waals surface area contributed by atoms with E-state index in [9.17, 15) is 9.59 Å². The molecule has 0 fully saturated rings. The normalized spacial score (nSPS) is 13.5. The summed E-state index contributed by atoms with van der Waals surface area (Å²) in [5, 5.41) is 3.34. The number of amides is 1. The Kier molecular flexibility index (Phi) is 4.99. The van der Waals surface area contributed by atoms with Crippen LogP contribution in [0.2, 0.25) is 0 Å². The second kappa shape index (κ2) is 7.95. The monoisotopic (exact) mass is 441 g/mol.